The Bertz CT molecular complexity index is 784. The molecule has 4 rings (SSSR count). The number of nitrogens with zero attached hydrogens (tertiary/aromatic N) is 3. The Balaban J connectivity index is 1.42. The van der Waals surface area contributed by atoms with E-state index in [1.54, 1.807) is 0 Å². The van der Waals surface area contributed by atoms with Crippen molar-refractivity contribution >= 4 is 17.4 Å². The van der Waals surface area contributed by atoms with Crippen LogP contribution in [0.2, 0.25) is 0 Å². The van der Waals surface area contributed by atoms with Gasteiger partial charge in [0, 0.05) is 38.4 Å². The van der Waals surface area contributed by atoms with E-state index >= 15 is 0 Å². The zero-order valence-electron chi connectivity index (χ0n) is 15.2. The van der Waals surface area contributed by atoms with E-state index in [2.05, 4.69) is 23.1 Å². The topological polar surface area (TPSA) is 36.0 Å². The molecule has 0 aliphatic carbocycles. The Morgan fingerprint density at radius 3 is 2.38 bits per heavy atom. The van der Waals surface area contributed by atoms with Crippen LogP contribution in [0.25, 0.3) is 0 Å². The minimum Gasteiger partial charge on any atom is -0.492 e. The summed E-state index contributed by atoms with van der Waals surface area (Å²) in [5.41, 5.74) is 3.46. The van der Waals surface area contributed by atoms with Crippen molar-refractivity contribution in [3.63, 3.8) is 0 Å². The Kier molecular flexibility index (Phi) is 4.69. The number of carbonyl (C=O) groups is 1. The molecule has 1 saturated heterocycles. The van der Waals surface area contributed by atoms with Gasteiger partial charge in [-0.1, -0.05) is 30.3 Å². The third kappa shape index (κ3) is 3.09. The second-order valence-electron chi connectivity index (χ2n) is 6.69. The van der Waals surface area contributed by atoms with Crippen molar-refractivity contribution in [2.75, 3.05) is 49.1 Å². The summed E-state index contributed by atoms with van der Waals surface area (Å²) in [5.74, 6) is 0.920. The number of anilines is 2. The summed E-state index contributed by atoms with van der Waals surface area (Å²) in [6.45, 7) is 6.56. The van der Waals surface area contributed by atoms with Gasteiger partial charge in [0.25, 0.3) is 0 Å². The molecular weight excluding hydrogens is 326 g/mol. The van der Waals surface area contributed by atoms with E-state index in [9.17, 15) is 4.79 Å². The summed E-state index contributed by atoms with van der Waals surface area (Å²) in [6.07, 6.45) is 0.948. The molecule has 2 amide bonds. The van der Waals surface area contributed by atoms with Gasteiger partial charge in [-0.2, -0.15) is 0 Å². The smallest absolute Gasteiger partial charge is 0.324 e. The number of urea groups is 1. The molecule has 136 valence electrons. The number of ether oxygens (including phenoxy) is 1. The molecule has 1 fully saturated rings. The lowest BCUT2D eigenvalue weighted by molar-refractivity contribution is 0.201. The van der Waals surface area contributed by atoms with Gasteiger partial charge in [-0.3, -0.25) is 4.90 Å². The SMILES string of the molecule is CCOc1ccccc1N1CCN(C(=O)N2CCc3ccccc32)CC1. The predicted octanol–water partition coefficient (Wildman–Crippen LogP) is 3.39. The third-order valence-electron chi connectivity index (χ3n) is 5.17. The van der Waals surface area contributed by atoms with E-state index in [1.807, 2.05) is 47.1 Å². The van der Waals surface area contributed by atoms with Crippen molar-refractivity contribution in [1.29, 1.82) is 0 Å². The van der Waals surface area contributed by atoms with Crippen molar-refractivity contribution in [3.05, 3.63) is 54.1 Å². The van der Waals surface area contributed by atoms with Crippen LogP contribution in [-0.2, 0) is 6.42 Å². The van der Waals surface area contributed by atoms with Crippen molar-refractivity contribution < 1.29 is 9.53 Å². The number of amides is 2. The maximum Gasteiger partial charge on any atom is 0.324 e. The van der Waals surface area contributed by atoms with Gasteiger partial charge >= 0.3 is 6.03 Å². The molecule has 0 saturated carbocycles. The second kappa shape index (κ2) is 7.28. The summed E-state index contributed by atoms with van der Waals surface area (Å²) < 4.78 is 5.75. The van der Waals surface area contributed by atoms with E-state index in [0.29, 0.717) is 6.61 Å². The molecule has 0 spiro atoms. The Hall–Kier alpha value is -2.69. The summed E-state index contributed by atoms with van der Waals surface area (Å²) in [7, 11) is 0. The average Bonchev–Trinajstić information content (AvgIpc) is 3.12. The molecule has 2 aliphatic heterocycles. The van der Waals surface area contributed by atoms with E-state index in [4.69, 9.17) is 4.74 Å². The molecule has 2 aromatic rings. The Labute approximate surface area is 154 Å². The maximum atomic E-state index is 13.0. The summed E-state index contributed by atoms with van der Waals surface area (Å²) in [6, 6.07) is 16.5. The number of benzene rings is 2. The van der Waals surface area contributed by atoms with Gasteiger partial charge in [0.2, 0.25) is 0 Å². The molecular formula is C21H25N3O2. The minimum absolute atomic E-state index is 0.132. The van der Waals surface area contributed by atoms with E-state index < -0.39 is 0 Å². The van der Waals surface area contributed by atoms with Crippen molar-refractivity contribution in [3.8, 4) is 5.75 Å². The summed E-state index contributed by atoms with van der Waals surface area (Å²) in [5, 5.41) is 0. The quantitative estimate of drug-likeness (QED) is 0.850. The third-order valence-corrected chi connectivity index (χ3v) is 5.17. The molecule has 0 radical (unpaired) electrons. The van der Waals surface area contributed by atoms with Crippen molar-refractivity contribution in [1.82, 2.24) is 4.90 Å². The molecule has 0 unspecified atom stereocenters. The first-order chi connectivity index (χ1) is 12.8. The maximum absolute atomic E-state index is 13.0. The van der Waals surface area contributed by atoms with Crippen LogP contribution in [0.4, 0.5) is 16.2 Å². The van der Waals surface area contributed by atoms with Gasteiger partial charge in [0.1, 0.15) is 5.75 Å². The van der Waals surface area contributed by atoms with Gasteiger partial charge in [-0.05, 0) is 37.1 Å². The number of hydrogen-bond donors (Lipinski definition) is 0. The highest BCUT2D eigenvalue weighted by Gasteiger charge is 2.30. The first kappa shape index (κ1) is 16.8. The fourth-order valence-electron chi connectivity index (χ4n) is 3.84. The van der Waals surface area contributed by atoms with Crippen LogP contribution < -0.4 is 14.5 Å². The number of para-hydroxylation sites is 3. The van der Waals surface area contributed by atoms with Crippen LogP contribution >= 0.6 is 0 Å². The van der Waals surface area contributed by atoms with E-state index in [-0.39, 0.29) is 6.03 Å². The molecule has 2 aliphatic rings. The second-order valence-corrected chi connectivity index (χ2v) is 6.69. The summed E-state index contributed by atoms with van der Waals surface area (Å²) >= 11 is 0. The highest BCUT2D eigenvalue weighted by molar-refractivity contribution is 5.94. The number of fused-ring (bicyclic) bond motifs is 1. The Morgan fingerprint density at radius 2 is 1.62 bits per heavy atom. The lowest BCUT2D eigenvalue weighted by Crippen LogP contribution is -2.52. The predicted molar refractivity (Wildman–Crippen MR) is 104 cm³/mol. The molecule has 5 heteroatoms. The largest absolute Gasteiger partial charge is 0.492 e. The Morgan fingerprint density at radius 1 is 0.923 bits per heavy atom. The molecule has 5 nitrogen and oxygen atoms in total. The minimum atomic E-state index is 0.132. The molecule has 0 atom stereocenters. The number of rotatable bonds is 3. The molecule has 0 N–H and O–H groups in total. The van der Waals surface area contributed by atoms with Crippen LogP contribution in [-0.4, -0.2) is 50.3 Å². The monoisotopic (exact) mass is 351 g/mol. The van der Waals surface area contributed by atoms with Gasteiger partial charge < -0.3 is 14.5 Å². The van der Waals surface area contributed by atoms with Crippen LogP contribution in [0.5, 0.6) is 5.75 Å². The highest BCUT2D eigenvalue weighted by Crippen LogP contribution is 2.31. The van der Waals surface area contributed by atoms with Crippen LogP contribution in [0.3, 0.4) is 0 Å². The first-order valence-corrected chi connectivity index (χ1v) is 9.39. The van der Waals surface area contributed by atoms with Gasteiger partial charge in [0.15, 0.2) is 0 Å². The normalized spacial score (nSPS) is 16.6. The van der Waals surface area contributed by atoms with Crippen LogP contribution in [0.1, 0.15) is 12.5 Å². The van der Waals surface area contributed by atoms with Gasteiger partial charge in [-0.25, -0.2) is 4.79 Å². The zero-order chi connectivity index (χ0) is 17.9. The number of hydrogen-bond acceptors (Lipinski definition) is 3. The van der Waals surface area contributed by atoms with Crippen molar-refractivity contribution in [2.45, 2.75) is 13.3 Å². The first-order valence-electron chi connectivity index (χ1n) is 9.39. The summed E-state index contributed by atoms with van der Waals surface area (Å²) in [4.78, 5) is 19.2. The number of carbonyl (C=O) groups excluding carboxylic acids is 1. The molecule has 2 heterocycles. The van der Waals surface area contributed by atoms with Crippen molar-refractivity contribution in [2.24, 2.45) is 0 Å². The van der Waals surface area contributed by atoms with Crippen LogP contribution in [0.15, 0.2) is 48.5 Å². The fraction of sp³-hybridized carbons (Fsp3) is 0.381. The van der Waals surface area contributed by atoms with Crippen LogP contribution in [0, 0.1) is 0 Å². The fourth-order valence-corrected chi connectivity index (χ4v) is 3.84. The lowest BCUT2D eigenvalue weighted by atomic mass is 10.2. The van der Waals surface area contributed by atoms with Gasteiger partial charge in [-0.15, -0.1) is 0 Å². The highest BCUT2D eigenvalue weighted by atomic mass is 16.5. The average molecular weight is 351 g/mol. The molecule has 26 heavy (non-hydrogen) atoms. The van der Waals surface area contributed by atoms with Gasteiger partial charge in [0.05, 0.1) is 12.3 Å². The number of piperazine rings is 1. The molecule has 0 bridgehead atoms. The standard InChI is InChI=1S/C21H25N3O2/c1-2-26-20-10-6-5-9-19(20)22-13-15-23(16-14-22)21(25)24-12-11-17-7-3-4-8-18(17)24/h3-10H,2,11-16H2,1H3. The van der Waals surface area contributed by atoms with E-state index in [0.717, 1.165) is 56.3 Å². The van der Waals surface area contributed by atoms with E-state index in [1.165, 1.54) is 5.56 Å². The molecule has 0 aromatic heterocycles. The lowest BCUT2D eigenvalue weighted by Gasteiger charge is -2.38. The zero-order valence-corrected chi connectivity index (χ0v) is 15.2. The molecule has 2 aromatic carbocycles.